The Hall–Kier alpha value is -3.91. The van der Waals surface area contributed by atoms with Crippen molar-refractivity contribution in [3.05, 3.63) is 29.8 Å². The molecule has 4 atom stereocenters. The van der Waals surface area contributed by atoms with Crippen LogP contribution in [0, 0.1) is 17.2 Å². The van der Waals surface area contributed by atoms with Gasteiger partial charge in [-0.25, -0.2) is 19.2 Å². The molecule has 14 nitrogen and oxygen atoms in total. The first-order chi connectivity index (χ1) is 21.3. The van der Waals surface area contributed by atoms with Gasteiger partial charge in [-0.05, 0) is 97.5 Å². The summed E-state index contributed by atoms with van der Waals surface area (Å²) in [5.74, 6) is -3.10. The number of rotatable bonds is 13. The molecule has 1 amide bonds. The van der Waals surface area contributed by atoms with E-state index < -0.39 is 58.8 Å². The van der Waals surface area contributed by atoms with Crippen molar-refractivity contribution in [1.82, 2.24) is 10.2 Å². The molecule has 3 rings (SSSR count). The molecule has 0 saturated carbocycles. The molecule has 0 aliphatic carbocycles. The van der Waals surface area contributed by atoms with Crippen LogP contribution in [-0.4, -0.2) is 95.0 Å². The van der Waals surface area contributed by atoms with Crippen LogP contribution in [0.25, 0.3) is 0 Å². The quantitative estimate of drug-likeness (QED) is 0.0685. The van der Waals surface area contributed by atoms with Gasteiger partial charge in [0, 0.05) is 12.3 Å². The minimum absolute atomic E-state index is 0.0269. The molecule has 4 unspecified atom stereocenters. The molecule has 0 spiro atoms. The van der Waals surface area contributed by atoms with E-state index in [9.17, 15) is 24.3 Å². The average Bonchev–Trinajstić information content (AvgIpc) is 3.31. The van der Waals surface area contributed by atoms with Gasteiger partial charge < -0.3 is 40.8 Å². The summed E-state index contributed by atoms with van der Waals surface area (Å²) < 4.78 is 22.3. The zero-order chi connectivity index (χ0) is 34.4. The number of carboxylic acid groups (broad SMARTS) is 1. The smallest absolute Gasteiger partial charge is 0.411 e. The van der Waals surface area contributed by atoms with E-state index in [0.717, 1.165) is 25.9 Å². The number of hydrogen-bond acceptors (Lipinski definition) is 11. The third-order valence-corrected chi connectivity index (χ3v) is 7.77. The van der Waals surface area contributed by atoms with Crippen LogP contribution in [-0.2, 0) is 35.0 Å². The van der Waals surface area contributed by atoms with E-state index >= 15 is 0 Å². The number of carboxylic acids is 1. The number of hydrogen-bond donors (Lipinski definition) is 5. The molecule has 0 aromatic heterocycles. The molecule has 2 heterocycles. The molecule has 2 aliphatic rings. The van der Waals surface area contributed by atoms with Crippen molar-refractivity contribution in [1.29, 1.82) is 5.41 Å². The van der Waals surface area contributed by atoms with Gasteiger partial charge in [-0.15, -0.1) is 0 Å². The fourth-order valence-corrected chi connectivity index (χ4v) is 5.48. The minimum Gasteiger partial charge on any atom is -0.490 e. The Morgan fingerprint density at radius 1 is 1.07 bits per heavy atom. The summed E-state index contributed by atoms with van der Waals surface area (Å²) in [7, 11) is 0. The van der Waals surface area contributed by atoms with Crippen molar-refractivity contribution < 1.29 is 43.2 Å². The highest BCUT2D eigenvalue weighted by Crippen LogP contribution is 2.30. The molecule has 256 valence electrons. The van der Waals surface area contributed by atoms with Crippen molar-refractivity contribution in [2.45, 2.75) is 96.1 Å². The molecule has 46 heavy (non-hydrogen) atoms. The zero-order valence-corrected chi connectivity index (χ0v) is 27.6. The van der Waals surface area contributed by atoms with Gasteiger partial charge in [0.2, 0.25) is 5.54 Å². The van der Waals surface area contributed by atoms with E-state index in [1.165, 1.54) is 4.90 Å². The standard InChI is InChI=1S/C32H49N5O9/c1-30(2,3)45-26(38)24(15-23(25(33)34)20-11-13-36-14-12-20)37-17-22(44-29(37)42)18-43-21-9-7-19(8-10-21)16-32(35,27(39)40)28(41)46-31(4,5)6/h7-10,20,22-24,36H,11-18,35H2,1-6H3,(H3,33,34)(H,39,40). The van der Waals surface area contributed by atoms with Crippen molar-refractivity contribution >= 4 is 29.8 Å². The highest BCUT2D eigenvalue weighted by molar-refractivity contribution is 6.04. The SMILES string of the molecule is CC(C)(C)OC(=O)C(CC(C(=N)N)C1CCNCC1)N1CC(COc2ccc(CC(N)(C(=O)O)C(=O)OC(C)(C)C)cc2)OC1=O. The fourth-order valence-electron chi connectivity index (χ4n) is 5.48. The maximum atomic E-state index is 13.4. The Morgan fingerprint density at radius 3 is 2.17 bits per heavy atom. The summed E-state index contributed by atoms with van der Waals surface area (Å²) in [5, 5.41) is 21.2. The number of nitrogens with zero attached hydrogens (tertiary/aromatic N) is 1. The predicted octanol–water partition coefficient (Wildman–Crippen LogP) is 2.20. The number of amides is 1. The first-order valence-electron chi connectivity index (χ1n) is 15.5. The lowest BCUT2D eigenvalue weighted by molar-refractivity contribution is -0.169. The van der Waals surface area contributed by atoms with Crippen LogP contribution in [0.3, 0.4) is 0 Å². The van der Waals surface area contributed by atoms with Gasteiger partial charge in [-0.3, -0.25) is 10.3 Å². The number of nitrogens with one attached hydrogen (secondary N) is 2. The first-order valence-corrected chi connectivity index (χ1v) is 15.5. The number of cyclic esters (lactones) is 1. The van der Waals surface area contributed by atoms with E-state index in [0.29, 0.717) is 11.3 Å². The van der Waals surface area contributed by atoms with E-state index in [1.54, 1.807) is 65.8 Å². The van der Waals surface area contributed by atoms with Gasteiger partial charge in [0.15, 0.2) is 6.10 Å². The van der Waals surface area contributed by atoms with Gasteiger partial charge in [-0.2, -0.15) is 0 Å². The molecule has 1 aromatic rings. The summed E-state index contributed by atoms with van der Waals surface area (Å²) >= 11 is 0. The van der Waals surface area contributed by atoms with Crippen molar-refractivity contribution in [2.24, 2.45) is 23.3 Å². The highest BCUT2D eigenvalue weighted by Gasteiger charge is 2.46. The Kier molecular flexibility index (Phi) is 11.7. The lowest BCUT2D eigenvalue weighted by atomic mass is 9.80. The van der Waals surface area contributed by atoms with Crippen LogP contribution >= 0.6 is 0 Å². The van der Waals surface area contributed by atoms with Crippen LogP contribution in [0.4, 0.5) is 4.79 Å². The van der Waals surface area contributed by atoms with Crippen molar-refractivity contribution in [3.8, 4) is 5.75 Å². The van der Waals surface area contributed by atoms with Crippen LogP contribution in [0.1, 0.15) is 66.4 Å². The number of carbonyl (C=O) groups excluding carboxylic acids is 3. The normalized spacial score (nSPS) is 20.2. The van der Waals surface area contributed by atoms with Gasteiger partial charge in [0.05, 0.1) is 12.4 Å². The molecule has 2 aliphatic heterocycles. The average molecular weight is 648 g/mol. The Bertz CT molecular complexity index is 1270. The Morgan fingerprint density at radius 2 is 1.65 bits per heavy atom. The number of piperidine rings is 1. The monoisotopic (exact) mass is 647 g/mol. The number of carbonyl (C=O) groups is 4. The Balaban J connectivity index is 1.68. The maximum Gasteiger partial charge on any atom is 0.411 e. The number of benzene rings is 1. The molecule has 0 radical (unpaired) electrons. The van der Waals surface area contributed by atoms with Crippen LogP contribution in [0.2, 0.25) is 0 Å². The van der Waals surface area contributed by atoms with Crippen LogP contribution < -0.4 is 21.5 Å². The number of ether oxygens (including phenoxy) is 4. The van der Waals surface area contributed by atoms with Crippen molar-refractivity contribution in [3.63, 3.8) is 0 Å². The number of nitrogens with two attached hydrogens (primary N) is 2. The molecule has 1 aromatic carbocycles. The lowest BCUT2D eigenvalue weighted by Gasteiger charge is -2.35. The fraction of sp³-hybridized carbons (Fsp3) is 0.656. The summed E-state index contributed by atoms with van der Waals surface area (Å²) in [6.07, 6.45) is 0.0344. The highest BCUT2D eigenvalue weighted by atomic mass is 16.6. The largest absolute Gasteiger partial charge is 0.490 e. The molecular formula is C32H49N5O9. The third-order valence-electron chi connectivity index (χ3n) is 7.77. The molecule has 7 N–H and O–H groups in total. The van der Waals surface area contributed by atoms with Gasteiger partial charge >= 0.3 is 24.0 Å². The Labute approximate surface area is 269 Å². The summed E-state index contributed by atoms with van der Waals surface area (Å²) in [6, 6.07) is 5.33. The predicted molar refractivity (Wildman–Crippen MR) is 168 cm³/mol. The second-order valence-electron chi connectivity index (χ2n) is 14.0. The maximum absolute atomic E-state index is 13.4. The molecule has 2 fully saturated rings. The second-order valence-corrected chi connectivity index (χ2v) is 14.0. The van der Waals surface area contributed by atoms with E-state index in [-0.39, 0.29) is 37.7 Å². The lowest BCUT2D eigenvalue weighted by Crippen LogP contribution is -2.58. The van der Waals surface area contributed by atoms with Crippen LogP contribution in [0.5, 0.6) is 5.75 Å². The zero-order valence-electron chi connectivity index (χ0n) is 27.6. The summed E-state index contributed by atoms with van der Waals surface area (Å²) in [6.45, 7) is 11.7. The van der Waals surface area contributed by atoms with E-state index in [2.05, 4.69) is 5.32 Å². The van der Waals surface area contributed by atoms with Crippen molar-refractivity contribution in [2.75, 3.05) is 26.2 Å². The number of aliphatic carboxylic acids is 1. The summed E-state index contributed by atoms with van der Waals surface area (Å²) in [4.78, 5) is 52.3. The van der Waals surface area contributed by atoms with E-state index in [4.69, 9.17) is 35.8 Å². The van der Waals surface area contributed by atoms with Gasteiger partial charge in [0.25, 0.3) is 0 Å². The molecule has 0 bridgehead atoms. The molecule has 14 heteroatoms. The van der Waals surface area contributed by atoms with Gasteiger partial charge in [-0.1, -0.05) is 12.1 Å². The number of esters is 2. The molecular weight excluding hydrogens is 598 g/mol. The molecule has 2 saturated heterocycles. The third kappa shape index (κ3) is 10.0. The topological polar surface area (TPSA) is 217 Å². The van der Waals surface area contributed by atoms with Gasteiger partial charge in [0.1, 0.15) is 29.6 Å². The second kappa shape index (κ2) is 14.7. The summed E-state index contributed by atoms with van der Waals surface area (Å²) in [5.41, 5.74) is 8.47. The van der Waals surface area contributed by atoms with E-state index in [1.807, 2.05) is 0 Å². The van der Waals surface area contributed by atoms with Crippen LogP contribution in [0.15, 0.2) is 24.3 Å². The number of amidine groups is 1. The minimum atomic E-state index is -2.28. The first kappa shape index (κ1) is 36.6.